The molecule has 90 valence electrons. The van der Waals surface area contributed by atoms with E-state index in [0.29, 0.717) is 6.42 Å². The maximum Gasteiger partial charge on any atom is 0.212 e. The van der Waals surface area contributed by atoms with E-state index in [1.54, 1.807) is 0 Å². The molecule has 0 aliphatic heterocycles. The van der Waals surface area contributed by atoms with E-state index >= 15 is 0 Å². The first-order valence-electron chi connectivity index (χ1n) is 5.20. The molecule has 0 bridgehead atoms. The first-order chi connectivity index (χ1) is 7.44. The van der Waals surface area contributed by atoms with E-state index in [4.69, 9.17) is 0 Å². The van der Waals surface area contributed by atoms with Crippen molar-refractivity contribution in [1.82, 2.24) is 4.72 Å². The molecule has 0 heterocycles. The van der Waals surface area contributed by atoms with Gasteiger partial charge in [-0.15, -0.1) is 0 Å². The van der Waals surface area contributed by atoms with Crippen molar-refractivity contribution < 1.29 is 8.42 Å². The summed E-state index contributed by atoms with van der Waals surface area (Å²) in [6.45, 7) is 3.69. The minimum Gasteiger partial charge on any atom is -0.212 e. The highest BCUT2D eigenvalue weighted by molar-refractivity contribution is 9.10. The molecule has 0 radical (unpaired) electrons. The SMILES string of the molecule is CCCS(=O)(=O)NC(C)c1ccc(Br)cc1. The summed E-state index contributed by atoms with van der Waals surface area (Å²) >= 11 is 3.34. The largest absolute Gasteiger partial charge is 0.212 e. The van der Waals surface area contributed by atoms with Crippen molar-refractivity contribution >= 4 is 26.0 Å². The summed E-state index contributed by atoms with van der Waals surface area (Å²) in [7, 11) is -3.15. The molecule has 3 nitrogen and oxygen atoms in total. The number of rotatable bonds is 5. The average Bonchev–Trinajstić information content (AvgIpc) is 2.17. The third-order valence-electron chi connectivity index (χ3n) is 2.20. The maximum atomic E-state index is 11.6. The predicted octanol–water partition coefficient (Wildman–Crippen LogP) is 2.84. The fraction of sp³-hybridized carbons (Fsp3) is 0.455. The number of nitrogens with one attached hydrogen (secondary N) is 1. The molecule has 16 heavy (non-hydrogen) atoms. The summed E-state index contributed by atoms with van der Waals surface area (Å²) < 4.78 is 26.8. The van der Waals surface area contributed by atoms with Gasteiger partial charge >= 0.3 is 0 Å². The third-order valence-corrected chi connectivity index (χ3v) is 4.39. The second-order valence-corrected chi connectivity index (χ2v) is 6.50. The zero-order chi connectivity index (χ0) is 12.2. The molecule has 5 heteroatoms. The number of hydrogen-bond acceptors (Lipinski definition) is 2. The predicted molar refractivity (Wildman–Crippen MR) is 69.8 cm³/mol. The Bertz CT molecular complexity index is 428. The van der Waals surface area contributed by atoms with E-state index in [2.05, 4.69) is 20.7 Å². The van der Waals surface area contributed by atoms with Gasteiger partial charge in [0.1, 0.15) is 0 Å². The number of halogens is 1. The highest BCUT2D eigenvalue weighted by Crippen LogP contribution is 2.17. The molecule has 1 unspecified atom stereocenters. The van der Waals surface area contributed by atoms with E-state index in [-0.39, 0.29) is 11.8 Å². The van der Waals surface area contributed by atoms with Crippen molar-refractivity contribution in [3.63, 3.8) is 0 Å². The molecule has 0 aliphatic carbocycles. The maximum absolute atomic E-state index is 11.6. The number of hydrogen-bond donors (Lipinski definition) is 1. The van der Waals surface area contributed by atoms with Crippen molar-refractivity contribution in [2.75, 3.05) is 5.75 Å². The Morgan fingerprint density at radius 3 is 2.38 bits per heavy atom. The van der Waals surface area contributed by atoms with E-state index < -0.39 is 10.0 Å². The van der Waals surface area contributed by atoms with Crippen LogP contribution in [0.4, 0.5) is 0 Å². The molecular weight excluding hydrogens is 290 g/mol. The van der Waals surface area contributed by atoms with E-state index in [1.165, 1.54) is 0 Å². The standard InChI is InChI=1S/C11H16BrNO2S/c1-3-8-16(14,15)13-9(2)10-4-6-11(12)7-5-10/h4-7,9,13H,3,8H2,1-2H3. The van der Waals surface area contributed by atoms with Crippen LogP contribution in [0.5, 0.6) is 0 Å². The van der Waals surface area contributed by atoms with Gasteiger partial charge in [-0.25, -0.2) is 13.1 Å². The quantitative estimate of drug-likeness (QED) is 0.909. The van der Waals surface area contributed by atoms with Gasteiger partial charge in [0.05, 0.1) is 5.75 Å². The summed E-state index contributed by atoms with van der Waals surface area (Å²) in [6, 6.07) is 7.43. The van der Waals surface area contributed by atoms with Crippen LogP contribution in [0, 0.1) is 0 Å². The Kier molecular flexibility index (Phi) is 4.95. The van der Waals surface area contributed by atoms with Crippen LogP contribution in [0.3, 0.4) is 0 Å². The lowest BCUT2D eigenvalue weighted by Crippen LogP contribution is -2.28. The highest BCUT2D eigenvalue weighted by Gasteiger charge is 2.14. The van der Waals surface area contributed by atoms with Crippen LogP contribution in [0.2, 0.25) is 0 Å². The normalized spacial score (nSPS) is 13.7. The lowest BCUT2D eigenvalue weighted by molar-refractivity contribution is 0.565. The second kappa shape index (κ2) is 5.80. The molecule has 0 aromatic heterocycles. The monoisotopic (exact) mass is 305 g/mol. The molecule has 1 atom stereocenters. The third kappa shape index (κ3) is 4.23. The first-order valence-corrected chi connectivity index (χ1v) is 7.64. The van der Waals surface area contributed by atoms with Crippen molar-refractivity contribution in [2.45, 2.75) is 26.3 Å². The number of benzene rings is 1. The Hall–Kier alpha value is -0.390. The molecule has 1 N–H and O–H groups in total. The zero-order valence-electron chi connectivity index (χ0n) is 9.40. The van der Waals surface area contributed by atoms with Crippen LogP contribution in [-0.4, -0.2) is 14.2 Å². The van der Waals surface area contributed by atoms with Gasteiger partial charge in [0.15, 0.2) is 0 Å². The molecule has 1 aromatic carbocycles. The lowest BCUT2D eigenvalue weighted by atomic mass is 10.1. The van der Waals surface area contributed by atoms with Crippen molar-refractivity contribution in [3.05, 3.63) is 34.3 Å². The van der Waals surface area contributed by atoms with Crippen molar-refractivity contribution in [2.24, 2.45) is 0 Å². The van der Waals surface area contributed by atoms with Gasteiger partial charge in [-0.3, -0.25) is 0 Å². The van der Waals surface area contributed by atoms with Gasteiger partial charge in [0, 0.05) is 10.5 Å². The van der Waals surface area contributed by atoms with Gasteiger partial charge in [-0.05, 0) is 31.0 Å². The van der Waals surface area contributed by atoms with Gasteiger partial charge < -0.3 is 0 Å². The van der Waals surface area contributed by atoms with Crippen LogP contribution in [0.25, 0.3) is 0 Å². The Labute approximate surface area is 105 Å². The van der Waals surface area contributed by atoms with Crippen LogP contribution in [0.1, 0.15) is 31.9 Å². The molecular formula is C11H16BrNO2S. The summed E-state index contributed by atoms with van der Waals surface area (Å²) in [5.41, 5.74) is 0.961. The van der Waals surface area contributed by atoms with Gasteiger partial charge in [-0.2, -0.15) is 0 Å². The van der Waals surface area contributed by atoms with Crippen LogP contribution < -0.4 is 4.72 Å². The topological polar surface area (TPSA) is 46.2 Å². The minimum absolute atomic E-state index is 0.174. The molecule has 0 aliphatic rings. The summed E-state index contributed by atoms with van der Waals surface area (Å²) in [5.74, 6) is 0.174. The second-order valence-electron chi connectivity index (χ2n) is 3.71. The molecule has 0 fully saturated rings. The molecule has 0 amide bonds. The minimum atomic E-state index is -3.15. The fourth-order valence-corrected chi connectivity index (χ4v) is 3.01. The van der Waals surface area contributed by atoms with E-state index in [0.717, 1.165) is 10.0 Å². The molecule has 1 aromatic rings. The van der Waals surface area contributed by atoms with Crippen molar-refractivity contribution in [1.29, 1.82) is 0 Å². The Morgan fingerprint density at radius 2 is 1.88 bits per heavy atom. The summed E-state index contributed by atoms with van der Waals surface area (Å²) in [6.07, 6.45) is 0.627. The van der Waals surface area contributed by atoms with E-state index in [9.17, 15) is 8.42 Å². The van der Waals surface area contributed by atoms with Gasteiger partial charge in [-0.1, -0.05) is 35.0 Å². The Balaban J connectivity index is 2.72. The van der Waals surface area contributed by atoms with E-state index in [1.807, 2.05) is 38.1 Å². The fourth-order valence-electron chi connectivity index (χ4n) is 1.42. The average molecular weight is 306 g/mol. The zero-order valence-corrected chi connectivity index (χ0v) is 11.8. The molecule has 0 spiro atoms. The highest BCUT2D eigenvalue weighted by atomic mass is 79.9. The van der Waals surface area contributed by atoms with Crippen LogP contribution >= 0.6 is 15.9 Å². The lowest BCUT2D eigenvalue weighted by Gasteiger charge is -2.14. The first kappa shape index (κ1) is 13.7. The Morgan fingerprint density at radius 1 is 1.31 bits per heavy atom. The molecule has 0 saturated carbocycles. The summed E-state index contributed by atoms with van der Waals surface area (Å²) in [4.78, 5) is 0. The number of sulfonamides is 1. The van der Waals surface area contributed by atoms with Gasteiger partial charge in [0.2, 0.25) is 10.0 Å². The van der Waals surface area contributed by atoms with Crippen molar-refractivity contribution in [3.8, 4) is 0 Å². The summed E-state index contributed by atoms with van der Waals surface area (Å²) in [5, 5.41) is 0. The van der Waals surface area contributed by atoms with Gasteiger partial charge in [0.25, 0.3) is 0 Å². The molecule has 1 rings (SSSR count). The molecule has 0 saturated heterocycles. The smallest absolute Gasteiger partial charge is 0.212 e. The van der Waals surface area contributed by atoms with Crippen LogP contribution in [0.15, 0.2) is 28.7 Å². The van der Waals surface area contributed by atoms with Crippen LogP contribution in [-0.2, 0) is 10.0 Å².